The molecule has 0 amide bonds. The van der Waals surface area contributed by atoms with Crippen molar-refractivity contribution in [1.82, 2.24) is 4.98 Å². The summed E-state index contributed by atoms with van der Waals surface area (Å²) in [5.74, 6) is 1.64. The Hall–Kier alpha value is -2.84. The molecule has 6 nitrogen and oxygen atoms in total. The van der Waals surface area contributed by atoms with Gasteiger partial charge in [0.1, 0.15) is 5.75 Å². The van der Waals surface area contributed by atoms with Gasteiger partial charge in [-0.2, -0.15) is 0 Å². The van der Waals surface area contributed by atoms with E-state index < -0.39 is 0 Å². The molecule has 0 aliphatic carbocycles. The van der Waals surface area contributed by atoms with Crippen molar-refractivity contribution in [3.63, 3.8) is 0 Å². The third-order valence-corrected chi connectivity index (χ3v) is 5.71. The van der Waals surface area contributed by atoms with Gasteiger partial charge in [0, 0.05) is 11.6 Å². The van der Waals surface area contributed by atoms with Gasteiger partial charge >= 0.3 is 0 Å². The summed E-state index contributed by atoms with van der Waals surface area (Å²) in [5.41, 5.74) is 1.01. The number of halogens is 1. The number of aromatic nitrogens is 1. The van der Waals surface area contributed by atoms with Gasteiger partial charge in [-0.15, -0.1) is 11.3 Å². The van der Waals surface area contributed by atoms with E-state index >= 15 is 0 Å². The zero-order valence-corrected chi connectivity index (χ0v) is 19.1. The number of Topliss-reactive ketones (excluding diaryl/α,β-unsaturated/α-hetero) is 1. The molecule has 0 radical (unpaired) electrons. The number of rotatable bonds is 7. The van der Waals surface area contributed by atoms with Crippen LogP contribution in [0.1, 0.15) is 22.8 Å². The van der Waals surface area contributed by atoms with E-state index in [2.05, 4.69) is 20.9 Å². The maximum absolute atomic E-state index is 12.5. The monoisotopic (exact) mass is 489 g/mol. The van der Waals surface area contributed by atoms with Crippen LogP contribution in [-0.2, 0) is 0 Å². The maximum atomic E-state index is 12.5. The van der Waals surface area contributed by atoms with Crippen LogP contribution in [0.3, 0.4) is 0 Å². The molecule has 0 saturated carbocycles. The SMILES string of the molecule is CCOc1c(Br)cc(C=c2sc(=CC(=O)c3ccc(OC)cc3)[nH]c2=O)cc1OC. The molecule has 0 unspecified atom stereocenters. The largest absolute Gasteiger partial charge is 0.497 e. The van der Waals surface area contributed by atoms with Crippen molar-refractivity contribution >= 4 is 45.2 Å². The van der Waals surface area contributed by atoms with E-state index in [9.17, 15) is 9.59 Å². The van der Waals surface area contributed by atoms with Crippen LogP contribution in [0.15, 0.2) is 45.7 Å². The first-order valence-corrected chi connectivity index (χ1v) is 10.7. The zero-order chi connectivity index (χ0) is 21.7. The number of thiazole rings is 1. The average Bonchev–Trinajstić information content (AvgIpc) is 3.08. The summed E-state index contributed by atoms with van der Waals surface area (Å²) in [6.45, 7) is 2.40. The van der Waals surface area contributed by atoms with Gasteiger partial charge in [-0.3, -0.25) is 9.59 Å². The Labute approximate surface area is 185 Å². The first kappa shape index (κ1) is 21.9. The minimum Gasteiger partial charge on any atom is -0.497 e. The summed E-state index contributed by atoms with van der Waals surface area (Å²) < 4.78 is 17.8. The van der Waals surface area contributed by atoms with Crippen LogP contribution < -0.4 is 29.0 Å². The van der Waals surface area contributed by atoms with E-state index in [0.29, 0.717) is 38.6 Å². The lowest BCUT2D eigenvalue weighted by atomic mass is 10.1. The molecule has 3 rings (SSSR count). The van der Waals surface area contributed by atoms with Crippen LogP contribution in [0, 0.1) is 0 Å². The van der Waals surface area contributed by atoms with Gasteiger partial charge in [0.05, 0.1) is 34.5 Å². The first-order valence-electron chi connectivity index (χ1n) is 9.06. The summed E-state index contributed by atoms with van der Waals surface area (Å²) in [6.07, 6.45) is 3.15. The lowest BCUT2D eigenvalue weighted by Crippen LogP contribution is -2.20. The number of hydrogen-bond acceptors (Lipinski definition) is 6. The Balaban J connectivity index is 1.96. The molecule has 0 spiro atoms. The normalized spacial score (nSPS) is 12.1. The molecule has 0 fully saturated rings. The van der Waals surface area contributed by atoms with E-state index in [1.54, 1.807) is 50.6 Å². The van der Waals surface area contributed by atoms with E-state index in [4.69, 9.17) is 14.2 Å². The lowest BCUT2D eigenvalue weighted by Gasteiger charge is -2.12. The molecule has 0 bridgehead atoms. The first-order chi connectivity index (χ1) is 14.4. The fraction of sp³-hybridized carbons (Fsp3) is 0.182. The molecule has 0 aliphatic rings. The molecule has 156 valence electrons. The Morgan fingerprint density at radius 1 is 1.17 bits per heavy atom. The molecule has 0 aliphatic heterocycles. The molecule has 1 N–H and O–H groups in total. The molecule has 0 atom stereocenters. The van der Waals surface area contributed by atoms with Gasteiger partial charge in [0.2, 0.25) is 0 Å². The van der Waals surface area contributed by atoms with Crippen LogP contribution in [0.5, 0.6) is 17.2 Å². The third kappa shape index (κ3) is 5.01. The second-order valence-electron chi connectivity index (χ2n) is 6.13. The highest BCUT2D eigenvalue weighted by Gasteiger charge is 2.11. The van der Waals surface area contributed by atoms with Gasteiger partial charge in [0.25, 0.3) is 5.56 Å². The molecule has 1 heterocycles. The third-order valence-electron chi connectivity index (χ3n) is 4.16. The van der Waals surface area contributed by atoms with E-state index in [1.165, 1.54) is 17.4 Å². The van der Waals surface area contributed by atoms with Crippen molar-refractivity contribution in [3.05, 3.63) is 71.5 Å². The van der Waals surface area contributed by atoms with Crippen molar-refractivity contribution in [3.8, 4) is 17.2 Å². The summed E-state index contributed by atoms with van der Waals surface area (Å²) in [4.78, 5) is 27.6. The predicted octanol–water partition coefficient (Wildman–Crippen LogP) is 3.11. The Morgan fingerprint density at radius 3 is 2.53 bits per heavy atom. The van der Waals surface area contributed by atoms with Crippen LogP contribution in [0.25, 0.3) is 12.2 Å². The topological polar surface area (TPSA) is 77.6 Å². The van der Waals surface area contributed by atoms with E-state index in [-0.39, 0.29) is 11.3 Å². The minimum atomic E-state index is -0.266. The van der Waals surface area contributed by atoms with Crippen molar-refractivity contribution in [2.75, 3.05) is 20.8 Å². The van der Waals surface area contributed by atoms with Crippen molar-refractivity contribution in [2.24, 2.45) is 0 Å². The average molecular weight is 490 g/mol. The standard InChI is InChI=1S/C22H20BrNO5S/c1-4-29-21-16(23)9-13(10-18(21)28-3)11-19-22(26)24-20(30-19)12-17(25)14-5-7-15(27-2)8-6-14/h5-12H,4H2,1-3H3,(H,24,26). The van der Waals surface area contributed by atoms with E-state index in [0.717, 1.165) is 10.0 Å². The summed E-state index contributed by atoms with van der Waals surface area (Å²) in [5, 5.41) is 0. The minimum absolute atomic E-state index is 0.202. The van der Waals surface area contributed by atoms with Crippen LogP contribution in [-0.4, -0.2) is 31.6 Å². The Kier molecular flexibility index (Phi) is 7.12. The summed E-state index contributed by atoms with van der Waals surface area (Å²) in [7, 11) is 3.12. The maximum Gasteiger partial charge on any atom is 0.266 e. The molecule has 1 aromatic heterocycles. The van der Waals surface area contributed by atoms with Crippen molar-refractivity contribution in [2.45, 2.75) is 6.92 Å². The Bertz CT molecular complexity index is 1230. The molecule has 8 heteroatoms. The van der Waals surface area contributed by atoms with Crippen LogP contribution in [0.2, 0.25) is 0 Å². The van der Waals surface area contributed by atoms with Crippen LogP contribution >= 0.6 is 27.3 Å². The highest BCUT2D eigenvalue weighted by Crippen LogP contribution is 2.36. The van der Waals surface area contributed by atoms with Crippen LogP contribution in [0.4, 0.5) is 0 Å². The number of H-pyrrole nitrogens is 1. The molecule has 30 heavy (non-hydrogen) atoms. The second kappa shape index (κ2) is 9.77. The van der Waals surface area contributed by atoms with E-state index in [1.807, 2.05) is 13.0 Å². The summed E-state index contributed by atoms with van der Waals surface area (Å²) >= 11 is 4.69. The molecule has 0 saturated heterocycles. The number of benzene rings is 2. The number of ketones is 1. The number of nitrogens with one attached hydrogen (secondary N) is 1. The predicted molar refractivity (Wildman–Crippen MR) is 121 cm³/mol. The number of ether oxygens (including phenoxy) is 3. The molecular weight excluding hydrogens is 470 g/mol. The number of hydrogen-bond donors (Lipinski definition) is 1. The number of methoxy groups -OCH3 is 2. The highest BCUT2D eigenvalue weighted by molar-refractivity contribution is 9.10. The van der Waals surface area contributed by atoms with Gasteiger partial charge in [-0.1, -0.05) is 0 Å². The number of carbonyl (C=O) groups excluding carboxylic acids is 1. The fourth-order valence-corrected chi connectivity index (χ4v) is 4.20. The quantitative estimate of drug-likeness (QED) is 0.516. The second-order valence-corrected chi connectivity index (χ2v) is 8.07. The van der Waals surface area contributed by atoms with Gasteiger partial charge in [0.15, 0.2) is 17.3 Å². The molecule has 3 aromatic rings. The molecule has 2 aromatic carbocycles. The fourth-order valence-electron chi connectivity index (χ4n) is 2.74. The summed E-state index contributed by atoms with van der Waals surface area (Å²) in [6, 6.07) is 10.4. The highest BCUT2D eigenvalue weighted by atomic mass is 79.9. The van der Waals surface area contributed by atoms with Crippen molar-refractivity contribution in [1.29, 1.82) is 0 Å². The number of carbonyl (C=O) groups is 1. The lowest BCUT2D eigenvalue weighted by molar-refractivity contribution is 0.106. The smallest absolute Gasteiger partial charge is 0.266 e. The van der Waals surface area contributed by atoms with Gasteiger partial charge < -0.3 is 19.2 Å². The zero-order valence-electron chi connectivity index (χ0n) is 16.7. The van der Waals surface area contributed by atoms with Crippen molar-refractivity contribution < 1.29 is 19.0 Å². The van der Waals surface area contributed by atoms with Gasteiger partial charge in [-0.05, 0) is 70.9 Å². The molecular formula is C22H20BrNO5S. The Morgan fingerprint density at radius 2 is 1.90 bits per heavy atom. The number of aromatic amines is 1. The van der Waals surface area contributed by atoms with Gasteiger partial charge in [-0.25, -0.2) is 0 Å².